The number of β-amino-alcohol motifs (C(OH)–C–C–N with tert-alkyl or cyclic N) is 1. The molecule has 2 aromatic carbocycles. The van der Waals surface area contributed by atoms with E-state index in [9.17, 15) is 27.1 Å². The average molecular weight is 567 g/mol. The lowest BCUT2D eigenvalue weighted by Crippen LogP contribution is -2.53. The van der Waals surface area contributed by atoms with Gasteiger partial charge >= 0.3 is 6.03 Å². The molecule has 9 nitrogen and oxygen atoms in total. The van der Waals surface area contributed by atoms with E-state index in [2.05, 4.69) is 10.0 Å². The van der Waals surface area contributed by atoms with Crippen molar-refractivity contribution in [2.45, 2.75) is 43.7 Å². The van der Waals surface area contributed by atoms with Crippen molar-refractivity contribution in [3.05, 3.63) is 48.0 Å². The molecular formula is C27H36F2N4O5S. The fraction of sp³-hybridized carbons (Fsp3) is 0.519. The first-order valence-corrected chi connectivity index (χ1v) is 14.5. The highest BCUT2D eigenvalue weighted by Gasteiger charge is 2.39. The molecule has 4 rings (SSSR count). The Kier molecular flexibility index (Phi) is 8.79. The molecule has 0 saturated carbocycles. The number of likely N-dealkylation sites (tertiary alicyclic amines) is 1. The van der Waals surface area contributed by atoms with E-state index in [4.69, 9.17) is 4.74 Å². The number of aliphatic hydroxyl groups is 1. The van der Waals surface area contributed by atoms with Crippen molar-refractivity contribution in [1.29, 1.82) is 0 Å². The molecule has 1 saturated heterocycles. The van der Waals surface area contributed by atoms with Crippen molar-refractivity contribution < 1.29 is 31.8 Å². The Morgan fingerprint density at radius 1 is 1.18 bits per heavy atom. The molecule has 1 fully saturated rings. The van der Waals surface area contributed by atoms with Gasteiger partial charge in [-0.15, -0.1) is 0 Å². The Morgan fingerprint density at radius 2 is 1.90 bits per heavy atom. The molecule has 2 aliphatic heterocycles. The van der Waals surface area contributed by atoms with Crippen molar-refractivity contribution >= 4 is 16.1 Å². The number of sulfonamides is 1. The van der Waals surface area contributed by atoms with Crippen LogP contribution in [0.4, 0.5) is 13.6 Å². The van der Waals surface area contributed by atoms with E-state index in [1.807, 2.05) is 25.8 Å². The summed E-state index contributed by atoms with van der Waals surface area (Å²) in [6.07, 6.45) is 0.257. The lowest BCUT2D eigenvalue weighted by Gasteiger charge is -2.44. The van der Waals surface area contributed by atoms with Gasteiger partial charge in [0.1, 0.15) is 22.3 Å². The van der Waals surface area contributed by atoms with E-state index >= 15 is 0 Å². The fourth-order valence-corrected chi connectivity index (χ4v) is 6.38. The number of ether oxygens (including phenoxy) is 1. The molecule has 39 heavy (non-hydrogen) atoms. The van der Waals surface area contributed by atoms with Gasteiger partial charge in [-0.2, -0.15) is 0 Å². The maximum absolute atomic E-state index is 14.6. The fourth-order valence-electron chi connectivity index (χ4n) is 5.18. The number of amides is 2. The summed E-state index contributed by atoms with van der Waals surface area (Å²) in [5.41, 5.74) is 0.00182. The third kappa shape index (κ3) is 7.05. The molecule has 0 bridgehead atoms. The number of urea groups is 1. The Balaban J connectivity index is 1.68. The number of hydrogen-bond donors (Lipinski definition) is 3. The smallest absolute Gasteiger partial charge is 0.317 e. The predicted octanol–water partition coefficient (Wildman–Crippen LogP) is 2.80. The van der Waals surface area contributed by atoms with Gasteiger partial charge in [-0.3, -0.25) is 0 Å². The molecule has 0 aromatic heterocycles. The molecule has 12 heteroatoms. The lowest BCUT2D eigenvalue weighted by molar-refractivity contribution is 0.0241. The van der Waals surface area contributed by atoms with Crippen LogP contribution in [0.1, 0.15) is 26.7 Å². The second-order valence-electron chi connectivity index (χ2n) is 10.9. The molecule has 2 heterocycles. The number of hydrogen-bond acceptors (Lipinski definition) is 6. The Hall–Kier alpha value is -2.80. The summed E-state index contributed by atoms with van der Waals surface area (Å²) < 4.78 is 63.1. The Morgan fingerprint density at radius 3 is 2.56 bits per heavy atom. The molecule has 0 aliphatic carbocycles. The molecule has 0 radical (unpaired) electrons. The molecule has 2 amide bonds. The van der Waals surface area contributed by atoms with Crippen molar-refractivity contribution in [2.75, 3.05) is 46.4 Å². The van der Waals surface area contributed by atoms with Gasteiger partial charge in [-0.1, -0.05) is 6.07 Å². The predicted molar refractivity (Wildman–Crippen MR) is 143 cm³/mol. The Bertz CT molecular complexity index is 1300. The third-order valence-electron chi connectivity index (χ3n) is 7.17. The average Bonchev–Trinajstić information content (AvgIpc) is 2.85. The minimum atomic E-state index is -4.08. The quantitative estimate of drug-likeness (QED) is 0.516. The molecule has 2 aliphatic rings. The van der Waals surface area contributed by atoms with Crippen molar-refractivity contribution in [3.63, 3.8) is 0 Å². The minimum absolute atomic E-state index is 0.0119. The molecule has 214 valence electrons. The summed E-state index contributed by atoms with van der Waals surface area (Å²) in [6, 6.07) is 7.27. The number of piperidine rings is 1. The monoisotopic (exact) mass is 566 g/mol. The van der Waals surface area contributed by atoms with Crippen molar-refractivity contribution in [1.82, 2.24) is 19.8 Å². The standard InChI is InChI=1S/C27H36F2N4O5S/c1-18(2)31-26(35)33-10-8-27(9-11-33)16-32(3)15-21(34)14-30-39(36,37)25-7-4-19(12-24(25)38-17-27)22-6-5-20(28)13-23(22)29/h4-7,12-13,18,21,30,34H,8-11,14-17H2,1-3H3,(H,31,35). The molecule has 3 N–H and O–H groups in total. The first-order valence-electron chi connectivity index (χ1n) is 13.0. The molecular weight excluding hydrogens is 530 g/mol. The molecule has 1 atom stereocenters. The highest BCUT2D eigenvalue weighted by atomic mass is 32.2. The third-order valence-corrected chi connectivity index (χ3v) is 8.63. The van der Waals surface area contributed by atoms with Crippen LogP contribution in [0.25, 0.3) is 11.1 Å². The van der Waals surface area contributed by atoms with Crippen molar-refractivity contribution in [3.8, 4) is 16.9 Å². The number of benzene rings is 2. The first-order chi connectivity index (χ1) is 18.4. The van der Waals surface area contributed by atoms with Crippen LogP contribution < -0.4 is 14.8 Å². The van der Waals surface area contributed by atoms with Gasteiger partial charge < -0.3 is 25.0 Å². The van der Waals surface area contributed by atoms with E-state index in [0.29, 0.717) is 38.0 Å². The topological polar surface area (TPSA) is 111 Å². The van der Waals surface area contributed by atoms with Gasteiger partial charge in [0, 0.05) is 55.8 Å². The summed E-state index contributed by atoms with van der Waals surface area (Å²) in [5, 5.41) is 13.5. The van der Waals surface area contributed by atoms with Crippen LogP contribution in [0.15, 0.2) is 41.3 Å². The zero-order valence-corrected chi connectivity index (χ0v) is 23.2. The van der Waals surface area contributed by atoms with Gasteiger partial charge in [0.25, 0.3) is 0 Å². The van der Waals surface area contributed by atoms with Crippen LogP contribution in [0.2, 0.25) is 0 Å². The minimum Gasteiger partial charge on any atom is -0.492 e. The Labute approximate surface area is 228 Å². The maximum atomic E-state index is 14.6. The highest BCUT2D eigenvalue weighted by Crippen LogP contribution is 2.37. The number of rotatable bonds is 2. The van der Waals surface area contributed by atoms with Crippen molar-refractivity contribution in [2.24, 2.45) is 5.41 Å². The summed E-state index contributed by atoms with van der Waals surface area (Å²) >= 11 is 0. The zero-order chi connectivity index (χ0) is 28.4. The van der Waals surface area contributed by atoms with Crippen LogP contribution in [0, 0.1) is 17.0 Å². The number of aliphatic hydroxyl groups excluding tert-OH is 1. The van der Waals surface area contributed by atoms with Crippen LogP contribution in [0.5, 0.6) is 5.75 Å². The van der Waals surface area contributed by atoms with Crippen LogP contribution in [-0.2, 0) is 10.0 Å². The van der Waals surface area contributed by atoms with E-state index in [1.165, 1.54) is 24.3 Å². The van der Waals surface area contributed by atoms with Crippen LogP contribution in [-0.4, -0.2) is 87.9 Å². The van der Waals surface area contributed by atoms with Gasteiger partial charge in [0.15, 0.2) is 0 Å². The summed E-state index contributed by atoms with van der Waals surface area (Å²) in [6.45, 7) is 5.53. The normalized spacial score (nSPS) is 21.9. The summed E-state index contributed by atoms with van der Waals surface area (Å²) in [5.74, 6) is -1.47. The van der Waals surface area contributed by atoms with Crippen LogP contribution >= 0.6 is 0 Å². The number of carbonyl (C=O) groups is 1. The van der Waals surface area contributed by atoms with E-state index < -0.39 is 33.2 Å². The number of nitrogens with one attached hydrogen (secondary N) is 2. The maximum Gasteiger partial charge on any atom is 0.317 e. The van der Waals surface area contributed by atoms with E-state index in [1.54, 1.807) is 4.90 Å². The second-order valence-corrected chi connectivity index (χ2v) is 12.6. The van der Waals surface area contributed by atoms with Gasteiger partial charge in [-0.25, -0.2) is 26.7 Å². The lowest BCUT2D eigenvalue weighted by atomic mass is 9.78. The van der Waals surface area contributed by atoms with Gasteiger partial charge in [0.2, 0.25) is 10.0 Å². The highest BCUT2D eigenvalue weighted by molar-refractivity contribution is 7.89. The molecule has 2 aromatic rings. The van der Waals surface area contributed by atoms with Gasteiger partial charge in [0.05, 0.1) is 12.7 Å². The number of likely N-dealkylation sites (N-methyl/N-ethyl adjacent to an activating group) is 1. The largest absolute Gasteiger partial charge is 0.492 e. The number of nitrogens with zero attached hydrogens (tertiary/aromatic N) is 2. The van der Waals surface area contributed by atoms with E-state index in [0.717, 1.165) is 12.1 Å². The van der Waals surface area contributed by atoms with E-state index in [-0.39, 0.29) is 48.0 Å². The first kappa shape index (κ1) is 29.2. The summed E-state index contributed by atoms with van der Waals surface area (Å²) in [4.78, 5) is 16.1. The van der Waals surface area contributed by atoms with Crippen LogP contribution in [0.3, 0.4) is 0 Å². The van der Waals surface area contributed by atoms with Gasteiger partial charge in [-0.05, 0) is 63.6 Å². The number of halogens is 2. The summed E-state index contributed by atoms with van der Waals surface area (Å²) in [7, 11) is -2.22. The number of fused-ring (bicyclic) bond motifs is 1. The SMILES string of the molecule is CC(C)NC(=O)N1CCC2(CC1)COc1cc(-c3ccc(F)cc3F)ccc1S(=O)(=O)NCC(O)CN(C)C2. The molecule has 1 spiro atoms. The zero-order valence-electron chi connectivity index (χ0n) is 22.4. The second kappa shape index (κ2) is 11.7. The molecule has 1 unspecified atom stereocenters. The number of carbonyl (C=O) groups excluding carboxylic acids is 1.